The molecule has 2 aromatic rings. The lowest BCUT2D eigenvalue weighted by atomic mass is 10.0. The van der Waals surface area contributed by atoms with Gasteiger partial charge in [0, 0.05) is 24.5 Å². The number of phenols is 1. The standard InChI is InChI=1S/C16H20N2O2/c1-16(2,10-17)18(3)15(20)13-9-8-11-6-4-5-7-12(11)14(13)19/h4-9,19H,10,17H2,1-3H3. The minimum absolute atomic E-state index is 0.0211. The number of benzene rings is 2. The van der Waals surface area contributed by atoms with Crippen molar-refractivity contribution >= 4 is 16.7 Å². The molecule has 0 atom stereocenters. The van der Waals surface area contributed by atoms with E-state index < -0.39 is 5.54 Å². The van der Waals surface area contributed by atoms with E-state index in [2.05, 4.69) is 0 Å². The zero-order valence-electron chi connectivity index (χ0n) is 12.1. The largest absolute Gasteiger partial charge is 0.506 e. The van der Waals surface area contributed by atoms with Gasteiger partial charge in [0.15, 0.2) is 0 Å². The fraction of sp³-hybridized carbons (Fsp3) is 0.312. The number of likely N-dealkylation sites (N-methyl/N-ethyl adjacent to an activating group) is 1. The van der Waals surface area contributed by atoms with Gasteiger partial charge in [-0.25, -0.2) is 0 Å². The van der Waals surface area contributed by atoms with Gasteiger partial charge in [-0.2, -0.15) is 0 Å². The Morgan fingerprint density at radius 2 is 1.90 bits per heavy atom. The summed E-state index contributed by atoms with van der Waals surface area (Å²) in [5.74, 6) is -0.212. The highest BCUT2D eigenvalue weighted by Gasteiger charge is 2.28. The number of rotatable bonds is 3. The normalized spacial score (nSPS) is 11.6. The summed E-state index contributed by atoms with van der Waals surface area (Å²) in [7, 11) is 1.70. The minimum Gasteiger partial charge on any atom is -0.506 e. The van der Waals surface area contributed by atoms with Crippen molar-refractivity contribution in [2.45, 2.75) is 19.4 Å². The summed E-state index contributed by atoms with van der Waals surface area (Å²) in [5, 5.41) is 11.9. The Balaban J connectivity index is 2.48. The highest BCUT2D eigenvalue weighted by molar-refractivity contribution is 6.03. The molecule has 0 aliphatic rings. The molecule has 0 aromatic heterocycles. The van der Waals surface area contributed by atoms with Crippen LogP contribution in [0.1, 0.15) is 24.2 Å². The van der Waals surface area contributed by atoms with E-state index in [1.165, 1.54) is 0 Å². The van der Waals surface area contributed by atoms with Crippen LogP contribution in [0, 0.1) is 0 Å². The molecule has 0 aliphatic carbocycles. The van der Waals surface area contributed by atoms with Crippen molar-refractivity contribution in [3.05, 3.63) is 42.0 Å². The second-order valence-electron chi connectivity index (χ2n) is 5.56. The van der Waals surface area contributed by atoms with E-state index in [-0.39, 0.29) is 11.7 Å². The van der Waals surface area contributed by atoms with Gasteiger partial charge < -0.3 is 15.7 Å². The second kappa shape index (κ2) is 5.13. The number of amides is 1. The van der Waals surface area contributed by atoms with Crippen LogP contribution in [0.15, 0.2) is 36.4 Å². The number of nitrogens with two attached hydrogens (primary N) is 1. The smallest absolute Gasteiger partial charge is 0.257 e. The van der Waals surface area contributed by atoms with Crippen LogP contribution in [0.2, 0.25) is 0 Å². The van der Waals surface area contributed by atoms with Crippen LogP contribution in [0.25, 0.3) is 10.8 Å². The number of fused-ring (bicyclic) bond motifs is 1. The van der Waals surface area contributed by atoms with Gasteiger partial charge in [-0.3, -0.25) is 4.79 Å². The van der Waals surface area contributed by atoms with Crippen molar-refractivity contribution in [3.63, 3.8) is 0 Å². The van der Waals surface area contributed by atoms with Gasteiger partial charge in [-0.1, -0.05) is 30.3 Å². The quantitative estimate of drug-likeness (QED) is 0.901. The molecule has 2 rings (SSSR count). The molecule has 3 N–H and O–H groups in total. The third-order valence-corrected chi connectivity index (χ3v) is 3.84. The van der Waals surface area contributed by atoms with E-state index >= 15 is 0 Å². The summed E-state index contributed by atoms with van der Waals surface area (Å²) in [6, 6.07) is 10.9. The third kappa shape index (κ3) is 2.34. The molecular formula is C16H20N2O2. The number of carbonyl (C=O) groups is 1. The number of carbonyl (C=O) groups excluding carboxylic acids is 1. The Morgan fingerprint density at radius 3 is 2.55 bits per heavy atom. The molecule has 0 aliphatic heterocycles. The maximum atomic E-state index is 12.5. The Morgan fingerprint density at radius 1 is 1.25 bits per heavy atom. The second-order valence-corrected chi connectivity index (χ2v) is 5.56. The molecule has 106 valence electrons. The summed E-state index contributed by atoms with van der Waals surface area (Å²) in [6.07, 6.45) is 0. The maximum Gasteiger partial charge on any atom is 0.257 e. The van der Waals surface area contributed by atoms with Crippen molar-refractivity contribution < 1.29 is 9.90 Å². The van der Waals surface area contributed by atoms with E-state index in [4.69, 9.17) is 5.73 Å². The molecule has 0 heterocycles. The summed E-state index contributed by atoms with van der Waals surface area (Å²) in [4.78, 5) is 14.1. The highest BCUT2D eigenvalue weighted by Crippen LogP contribution is 2.30. The number of hydrogen-bond acceptors (Lipinski definition) is 3. The molecule has 20 heavy (non-hydrogen) atoms. The molecule has 2 aromatic carbocycles. The van der Waals surface area contributed by atoms with Crippen LogP contribution in [0.5, 0.6) is 5.75 Å². The Bertz CT molecular complexity index is 650. The van der Waals surface area contributed by atoms with Gasteiger partial charge in [0.05, 0.1) is 5.56 Å². The van der Waals surface area contributed by atoms with Crippen LogP contribution in [0.3, 0.4) is 0 Å². The lowest BCUT2D eigenvalue weighted by Gasteiger charge is -2.34. The molecule has 0 radical (unpaired) electrons. The predicted molar refractivity (Wildman–Crippen MR) is 80.8 cm³/mol. The van der Waals surface area contributed by atoms with Crippen LogP contribution < -0.4 is 5.73 Å². The van der Waals surface area contributed by atoms with E-state index in [1.54, 1.807) is 24.1 Å². The predicted octanol–water partition coefficient (Wildman–Crippen LogP) is 2.35. The van der Waals surface area contributed by atoms with E-state index in [0.29, 0.717) is 17.5 Å². The first-order valence-corrected chi connectivity index (χ1v) is 6.57. The molecule has 1 amide bonds. The average Bonchev–Trinajstić information content (AvgIpc) is 2.46. The first kappa shape index (κ1) is 14.3. The highest BCUT2D eigenvalue weighted by atomic mass is 16.3. The van der Waals surface area contributed by atoms with Gasteiger partial charge in [0.25, 0.3) is 5.91 Å². The molecule has 0 saturated heterocycles. The maximum absolute atomic E-state index is 12.5. The monoisotopic (exact) mass is 272 g/mol. The Hall–Kier alpha value is -2.07. The van der Waals surface area contributed by atoms with Gasteiger partial charge in [-0.15, -0.1) is 0 Å². The topological polar surface area (TPSA) is 66.6 Å². The number of aromatic hydroxyl groups is 1. The van der Waals surface area contributed by atoms with Crippen LogP contribution >= 0.6 is 0 Å². The lowest BCUT2D eigenvalue weighted by molar-refractivity contribution is 0.0637. The molecule has 0 saturated carbocycles. The zero-order chi connectivity index (χ0) is 14.9. The number of nitrogens with zero attached hydrogens (tertiary/aromatic N) is 1. The van der Waals surface area contributed by atoms with Crippen LogP contribution in [-0.2, 0) is 0 Å². The van der Waals surface area contributed by atoms with E-state index in [9.17, 15) is 9.90 Å². The van der Waals surface area contributed by atoms with E-state index in [1.807, 2.05) is 38.1 Å². The third-order valence-electron chi connectivity index (χ3n) is 3.84. The van der Waals surface area contributed by atoms with Crippen molar-refractivity contribution in [2.24, 2.45) is 5.73 Å². The summed E-state index contributed by atoms with van der Waals surface area (Å²) in [6.45, 7) is 4.13. The summed E-state index contributed by atoms with van der Waals surface area (Å²) in [5.41, 5.74) is 5.53. The fourth-order valence-corrected chi connectivity index (χ4v) is 2.02. The molecule has 4 nitrogen and oxygen atoms in total. The molecule has 0 fully saturated rings. The van der Waals surface area contributed by atoms with Crippen LogP contribution in [0.4, 0.5) is 0 Å². The van der Waals surface area contributed by atoms with Crippen molar-refractivity contribution in [1.29, 1.82) is 0 Å². The number of phenolic OH excluding ortho intramolecular Hbond substituents is 1. The molecular weight excluding hydrogens is 252 g/mol. The molecule has 4 heteroatoms. The van der Waals surface area contributed by atoms with Gasteiger partial charge in [0.2, 0.25) is 0 Å². The minimum atomic E-state index is -0.463. The first-order valence-electron chi connectivity index (χ1n) is 6.57. The molecule has 0 spiro atoms. The van der Waals surface area contributed by atoms with Crippen LogP contribution in [-0.4, -0.2) is 35.0 Å². The molecule has 0 bridgehead atoms. The first-order chi connectivity index (χ1) is 9.38. The number of hydrogen-bond donors (Lipinski definition) is 2. The summed E-state index contributed by atoms with van der Waals surface area (Å²) < 4.78 is 0. The zero-order valence-corrected chi connectivity index (χ0v) is 12.1. The van der Waals surface area contributed by atoms with Crippen molar-refractivity contribution in [1.82, 2.24) is 4.90 Å². The van der Waals surface area contributed by atoms with Gasteiger partial charge >= 0.3 is 0 Å². The summed E-state index contributed by atoms with van der Waals surface area (Å²) >= 11 is 0. The van der Waals surface area contributed by atoms with Gasteiger partial charge in [-0.05, 0) is 25.3 Å². The van der Waals surface area contributed by atoms with Gasteiger partial charge in [0.1, 0.15) is 5.75 Å². The fourth-order valence-electron chi connectivity index (χ4n) is 2.02. The SMILES string of the molecule is CN(C(=O)c1ccc2ccccc2c1O)C(C)(C)CN. The lowest BCUT2D eigenvalue weighted by Crippen LogP contribution is -2.50. The van der Waals surface area contributed by atoms with Crippen molar-refractivity contribution in [3.8, 4) is 5.75 Å². The average molecular weight is 272 g/mol. The van der Waals surface area contributed by atoms with E-state index in [0.717, 1.165) is 5.39 Å². The Kier molecular flexibility index (Phi) is 3.68. The Labute approximate surface area is 118 Å². The molecule has 0 unspecified atom stereocenters. The van der Waals surface area contributed by atoms with Crippen molar-refractivity contribution in [2.75, 3.05) is 13.6 Å².